The fourth-order valence-electron chi connectivity index (χ4n) is 3.30. The molecule has 1 fully saturated rings. The summed E-state index contributed by atoms with van der Waals surface area (Å²) in [6, 6.07) is 8.01. The van der Waals surface area contributed by atoms with Gasteiger partial charge in [-0.05, 0) is 63.2 Å². The van der Waals surface area contributed by atoms with Crippen molar-refractivity contribution in [2.45, 2.75) is 32.4 Å². The summed E-state index contributed by atoms with van der Waals surface area (Å²) < 4.78 is 0. The highest BCUT2D eigenvalue weighted by atomic mass is 16.2. The molecule has 3 rings (SSSR count). The third kappa shape index (κ3) is 4.20. The van der Waals surface area contributed by atoms with Gasteiger partial charge in [0, 0.05) is 30.9 Å². The first kappa shape index (κ1) is 17.5. The van der Waals surface area contributed by atoms with E-state index in [4.69, 9.17) is 0 Å². The van der Waals surface area contributed by atoms with Gasteiger partial charge in [-0.1, -0.05) is 0 Å². The molecule has 1 aliphatic rings. The smallest absolute Gasteiger partial charge is 0.253 e. The largest absolute Gasteiger partial charge is 0.379 e. The lowest BCUT2D eigenvalue weighted by atomic mass is 10.0. The maximum absolute atomic E-state index is 12.7. The number of hydrogen-bond donors (Lipinski definition) is 2. The summed E-state index contributed by atoms with van der Waals surface area (Å²) in [6.07, 6.45) is 4.04. The van der Waals surface area contributed by atoms with Gasteiger partial charge < -0.3 is 15.1 Å². The minimum Gasteiger partial charge on any atom is -0.379 e. The van der Waals surface area contributed by atoms with Crippen molar-refractivity contribution in [2.75, 3.05) is 32.5 Å². The van der Waals surface area contributed by atoms with E-state index in [0.29, 0.717) is 12.6 Å². The maximum Gasteiger partial charge on any atom is 0.253 e. The van der Waals surface area contributed by atoms with Crippen molar-refractivity contribution in [3.63, 3.8) is 0 Å². The van der Waals surface area contributed by atoms with Gasteiger partial charge >= 0.3 is 0 Å². The zero-order chi connectivity index (χ0) is 17.8. The Kier molecular flexibility index (Phi) is 5.38. The van der Waals surface area contributed by atoms with Gasteiger partial charge in [-0.15, -0.1) is 0 Å². The molecule has 1 amide bonds. The van der Waals surface area contributed by atoms with Gasteiger partial charge in [0.25, 0.3) is 5.91 Å². The molecule has 0 spiro atoms. The summed E-state index contributed by atoms with van der Waals surface area (Å²) in [7, 11) is 4.03. The van der Waals surface area contributed by atoms with Crippen LogP contribution in [0.1, 0.15) is 34.5 Å². The quantitative estimate of drug-likeness (QED) is 0.877. The molecule has 1 aromatic heterocycles. The van der Waals surface area contributed by atoms with Gasteiger partial charge in [0.1, 0.15) is 0 Å². The molecular formula is C19H27N5O. The second-order valence-electron chi connectivity index (χ2n) is 6.94. The minimum absolute atomic E-state index is 0.0938. The predicted molar refractivity (Wildman–Crippen MR) is 99.7 cm³/mol. The van der Waals surface area contributed by atoms with E-state index in [2.05, 4.69) is 27.5 Å². The highest BCUT2D eigenvalue weighted by Gasteiger charge is 2.25. The van der Waals surface area contributed by atoms with Gasteiger partial charge in [-0.3, -0.25) is 9.89 Å². The van der Waals surface area contributed by atoms with Crippen LogP contribution in [0, 0.1) is 6.92 Å². The summed E-state index contributed by atoms with van der Waals surface area (Å²) in [5.74, 6) is 0.0938. The highest BCUT2D eigenvalue weighted by Crippen LogP contribution is 2.18. The first-order valence-corrected chi connectivity index (χ1v) is 8.83. The molecule has 0 bridgehead atoms. The average Bonchev–Trinajstić information content (AvgIpc) is 3.04. The predicted octanol–water partition coefficient (Wildman–Crippen LogP) is 2.50. The molecule has 0 radical (unpaired) electrons. The summed E-state index contributed by atoms with van der Waals surface area (Å²) in [5, 5.41) is 10.4. The number of piperidine rings is 1. The van der Waals surface area contributed by atoms with Crippen LogP contribution in [-0.4, -0.2) is 59.1 Å². The van der Waals surface area contributed by atoms with E-state index in [9.17, 15) is 4.79 Å². The molecule has 25 heavy (non-hydrogen) atoms. The molecule has 2 N–H and O–H groups in total. The van der Waals surface area contributed by atoms with Crippen molar-refractivity contribution in [1.82, 2.24) is 20.0 Å². The number of aryl methyl sites for hydroxylation is 1. The molecule has 6 nitrogen and oxygen atoms in total. The molecule has 1 saturated heterocycles. The van der Waals surface area contributed by atoms with Gasteiger partial charge in [0.05, 0.1) is 18.4 Å². The molecule has 1 unspecified atom stereocenters. The molecule has 1 aliphatic heterocycles. The molecule has 0 saturated carbocycles. The number of nitrogens with zero attached hydrogens (tertiary/aromatic N) is 3. The fraction of sp³-hybridized carbons (Fsp3) is 0.474. The molecule has 2 heterocycles. The van der Waals surface area contributed by atoms with Gasteiger partial charge in [0.15, 0.2) is 0 Å². The third-order valence-corrected chi connectivity index (χ3v) is 5.00. The standard InChI is InChI=1S/C19H27N5O/c1-14-11-21-22-18(14)12-20-16-8-6-15(7-9-16)19(25)24(3)17-5-4-10-23(2)13-17/h6-9,11,17,20H,4-5,10,12-13H2,1-3H3,(H,21,22). The van der Waals surface area contributed by atoms with Crippen LogP contribution in [0.4, 0.5) is 5.69 Å². The van der Waals surface area contributed by atoms with Crippen molar-refractivity contribution >= 4 is 11.6 Å². The van der Waals surface area contributed by atoms with E-state index in [-0.39, 0.29) is 5.91 Å². The zero-order valence-corrected chi connectivity index (χ0v) is 15.2. The topological polar surface area (TPSA) is 64.3 Å². The van der Waals surface area contributed by atoms with Crippen LogP contribution in [-0.2, 0) is 6.54 Å². The van der Waals surface area contributed by atoms with E-state index in [1.807, 2.05) is 49.3 Å². The Morgan fingerprint density at radius 1 is 1.40 bits per heavy atom. The number of H-pyrrole nitrogens is 1. The number of aromatic amines is 1. The Morgan fingerprint density at radius 2 is 2.16 bits per heavy atom. The molecule has 1 atom stereocenters. The molecule has 0 aliphatic carbocycles. The summed E-state index contributed by atoms with van der Waals surface area (Å²) in [5.41, 5.74) is 3.93. The lowest BCUT2D eigenvalue weighted by Crippen LogP contribution is -2.47. The van der Waals surface area contributed by atoms with E-state index in [1.54, 1.807) is 0 Å². The highest BCUT2D eigenvalue weighted by molar-refractivity contribution is 5.94. The summed E-state index contributed by atoms with van der Waals surface area (Å²) >= 11 is 0. The number of likely N-dealkylation sites (tertiary alicyclic amines) is 1. The normalized spacial score (nSPS) is 18.1. The number of carbonyl (C=O) groups is 1. The second-order valence-corrected chi connectivity index (χ2v) is 6.94. The van der Waals surface area contributed by atoms with Crippen LogP contribution in [0.25, 0.3) is 0 Å². The van der Waals surface area contributed by atoms with Crippen LogP contribution in [0.2, 0.25) is 0 Å². The van der Waals surface area contributed by atoms with Gasteiger partial charge in [-0.2, -0.15) is 5.10 Å². The first-order valence-electron chi connectivity index (χ1n) is 8.83. The Bertz CT molecular complexity index is 709. The molecule has 134 valence electrons. The monoisotopic (exact) mass is 341 g/mol. The maximum atomic E-state index is 12.7. The SMILES string of the molecule is Cc1cn[nH]c1CNc1ccc(C(=O)N(C)C2CCCN(C)C2)cc1. The summed E-state index contributed by atoms with van der Waals surface area (Å²) in [4.78, 5) is 16.9. The number of aromatic nitrogens is 2. The molecule has 2 aromatic rings. The van der Waals surface area contributed by atoms with E-state index in [1.165, 1.54) is 0 Å². The van der Waals surface area contributed by atoms with E-state index >= 15 is 0 Å². The zero-order valence-electron chi connectivity index (χ0n) is 15.2. The lowest BCUT2D eigenvalue weighted by Gasteiger charge is -2.35. The Labute approximate surface area is 149 Å². The van der Waals surface area contributed by atoms with Crippen LogP contribution < -0.4 is 5.32 Å². The van der Waals surface area contributed by atoms with Crippen LogP contribution in [0.3, 0.4) is 0 Å². The average molecular weight is 341 g/mol. The van der Waals surface area contributed by atoms with Crippen LogP contribution in [0.15, 0.2) is 30.5 Å². The van der Waals surface area contributed by atoms with Crippen molar-refractivity contribution in [1.29, 1.82) is 0 Å². The number of anilines is 1. The number of likely N-dealkylation sites (N-methyl/N-ethyl adjacent to an activating group) is 2. The molecule has 1 aromatic carbocycles. The van der Waals surface area contributed by atoms with Crippen molar-refractivity contribution in [3.05, 3.63) is 47.3 Å². The van der Waals surface area contributed by atoms with E-state index < -0.39 is 0 Å². The summed E-state index contributed by atoms with van der Waals surface area (Å²) in [6.45, 7) is 4.79. The molecular weight excluding hydrogens is 314 g/mol. The number of nitrogens with one attached hydrogen (secondary N) is 2. The van der Waals surface area contributed by atoms with Gasteiger partial charge in [0.2, 0.25) is 0 Å². The Hall–Kier alpha value is -2.34. The number of amides is 1. The van der Waals surface area contributed by atoms with Crippen LogP contribution in [0.5, 0.6) is 0 Å². The number of rotatable bonds is 5. The van der Waals surface area contributed by atoms with Crippen molar-refractivity contribution in [3.8, 4) is 0 Å². The minimum atomic E-state index is 0.0938. The number of benzene rings is 1. The Balaban J connectivity index is 1.59. The number of carbonyl (C=O) groups excluding carboxylic acids is 1. The Morgan fingerprint density at radius 3 is 2.80 bits per heavy atom. The fourth-order valence-corrected chi connectivity index (χ4v) is 3.30. The van der Waals surface area contributed by atoms with Crippen molar-refractivity contribution < 1.29 is 4.79 Å². The van der Waals surface area contributed by atoms with Crippen molar-refractivity contribution in [2.24, 2.45) is 0 Å². The van der Waals surface area contributed by atoms with Gasteiger partial charge in [-0.25, -0.2) is 0 Å². The third-order valence-electron chi connectivity index (χ3n) is 5.00. The molecule has 6 heteroatoms. The first-order chi connectivity index (χ1) is 12.0. The van der Waals surface area contributed by atoms with E-state index in [0.717, 1.165) is 48.4 Å². The number of hydrogen-bond acceptors (Lipinski definition) is 4. The van der Waals surface area contributed by atoms with Crippen LogP contribution >= 0.6 is 0 Å². The lowest BCUT2D eigenvalue weighted by molar-refractivity contribution is 0.0644. The second kappa shape index (κ2) is 7.70.